The monoisotopic (exact) mass is 396 g/mol. The highest BCUT2D eigenvalue weighted by molar-refractivity contribution is 14.1. The molecule has 112 valence electrons. The van der Waals surface area contributed by atoms with Crippen molar-refractivity contribution in [2.24, 2.45) is 0 Å². The molecule has 5 heteroatoms. The van der Waals surface area contributed by atoms with Gasteiger partial charge in [0.1, 0.15) is 5.82 Å². The average Bonchev–Trinajstić information content (AvgIpc) is 2.48. The number of halogens is 1. The summed E-state index contributed by atoms with van der Waals surface area (Å²) in [6, 6.07) is 8.32. The van der Waals surface area contributed by atoms with Crippen molar-refractivity contribution in [3.8, 4) is 11.4 Å². The zero-order valence-corrected chi connectivity index (χ0v) is 15.1. The van der Waals surface area contributed by atoms with E-state index in [1.54, 1.807) is 0 Å². The summed E-state index contributed by atoms with van der Waals surface area (Å²) in [6.07, 6.45) is 1.08. The summed E-state index contributed by atoms with van der Waals surface area (Å²) in [6.45, 7) is 5.10. The van der Waals surface area contributed by atoms with Crippen LogP contribution in [0.15, 0.2) is 24.3 Å². The van der Waals surface area contributed by atoms with Crippen LogP contribution in [0.1, 0.15) is 19.0 Å². The van der Waals surface area contributed by atoms with E-state index in [2.05, 4.69) is 74.0 Å². The number of nitrogens with zero attached hydrogens (tertiary/aromatic N) is 3. The van der Waals surface area contributed by atoms with Gasteiger partial charge in [0, 0.05) is 31.9 Å². The lowest BCUT2D eigenvalue weighted by Crippen LogP contribution is -2.09. The summed E-state index contributed by atoms with van der Waals surface area (Å²) < 4.78 is 1.09. The number of aryl methyl sites for hydroxylation is 1. The zero-order chi connectivity index (χ0) is 15.4. The Morgan fingerprint density at radius 1 is 1.14 bits per heavy atom. The molecule has 1 aromatic carbocycles. The molecule has 1 aromatic heterocycles. The smallest absolute Gasteiger partial charge is 0.161 e. The van der Waals surface area contributed by atoms with Crippen molar-refractivity contribution in [3.05, 3.63) is 33.5 Å². The van der Waals surface area contributed by atoms with E-state index in [-0.39, 0.29) is 0 Å². The molecule has 0 saturated carbocycles. The number of rotatable bonds is 5. The third kappa shape index (κ3) is 3.84. The lowest BCUT2D eigenvalue weighted by atomic mass is 10.2. The van der Waals surface area contributed by atoms with E-state index < -0.39 is 0 Å². The van der Waals surface area contributed by atoms with Crippen LogP contribution < -0.4 is 10.2 Å². The van der Waals surface area contributed by atoms with Gasteiger partial charge in [0.15, 0.2) is 5.82 Å². The molecule has 2 rings (SSSR count). The maximum absolute atomic E-state index is 4.67. The number of hydrogen-bond acceptors (Lipinski definition) is 4. The second-order valence-electron chi connectivity index (χ2n) is 5.16. The van der Waals surface area contributed by atoms with E-state index in [9.17, 15) is 0 Å². The molecule has 4 nitrogen and oxygen atoms in total. The molecule has 1 N–H and O–H groups in total. The van der Waals surface area contributed by atoms with E-state index >= 15 is 0 Å². The Morgan fingerprint density at radius 3 is 2.38 bits per heavy atom. The largest absolute Gasteiger partial charge is 0.378 e. The third-order valence-corrected chi connectivity index (χ3v) is 4.49. The SMILES string of the molecule is CCCNc1nc(-c2ccc(N(C)C)cc2)nc(C)c1I. The quantitative estimate of drug-likeness (QED) is 0.778. The summed E-state index contributed by atoms with van der Waals surface area (Å²) in [7, 11) is 4.07. The first-order valence-electron chi connectivity index (χ1n) is 7.08. The van der Waals surface area contributed by atoms with Crippen LogP contribution >= 0.6 is 22.6 Å². The Balaban J connectivity index is 2.36. The van der Waals surface area contributed by atoms with Crippen LogP contribution in [0.25, 0.3) is 11.4 Å². The molecule has 2 aromatic rings. The Morgan fingerprint density at radius 2 is 1.81 bits per heavy atom. The van der Waals surface area contributed by atoms with Gasteiger partial charge < -0.3 is 10.2 Å². The van der Waals surface area contributed by atoms with Crippen LogP contribution in [-0.4, -0.2) is 30.6 Å². The summed E-state index contributed by atoms with van der Waals surface area (Å²) in [4.78, 5) is 11.4. The van der Waals surface area contributed by atoms with Gasteiger partial charge in [-0.15, -0.1) is 0 Å². The van der Waals surface area contributed by atoms with Crippen LogP contribution in [0, 0.1) is 10.5 Å². The first kappa shape index (κ1) is 16.0. The predicted molar refractivity (Wildman–Crippen MR) is 98.0 cm³/mol. The molecule has 0 aliphatic carbocycles. The van der Waals surface area contributed by atoms with E-state index in [1.807, 2.05) is 21.0 Å². The summed E-state index contributed by atoms with van der Waals surface area (Å²) >= 11 is 2.30. The van der Waals surface area contributed by atoms with E-state index in [0.29, 0.717) is 0 Å². The minimum atomic E-state index is 0.775. The normalized spacial score (nSPS) is 10.5. The fourth-order valence-electron chi connectivity index (χ4n) is 1.96. The van der Waals surface area contributed by atoms with Gasteiger partial charge >= 0.3 is 0 Å². The van der Waals surface area contributed by atoms with Gasteiger partial charge in [0.25, 0.3) is 0 Å². The van der Waals surface area contributed by atoms with Crippen LogP contribution in [0.5, 0.6) is 0 Å². The van der Waals surface area contributed by atoms with E-state index in [1.165, 1.54) is 5.69 Å². The zero-order valence-electron chi connectivity index (χ0n) is 12.9. The number of hydrogen-bond donors (Lipinski definition) is 1. The third-order valence-electron chi connectivity index (χ3n) is 3.20. The van der Waals surface area contributed by atoms with Crippen molar-refractivity contribution in [2.45, 2.75) is 20.3 Å². The maximum Gasteiger partial charge on any atom is 0.161 e. The van der Waals surface area contributed by atoms with Crippen molar-refractivity contribution in [1.29, 1.82) is 0 Å². The van der Waals surface area contributed by atoms with Gasteiger partial charge in [-0.25, -0.2) is 9.97 Å². The van der Waals surface area contributed by atoms with Gasteiger partial charge in [-0.3, -0.25) is 0 Å². The molecule has 0 unspecified atom stereocenters. The van der Waals surface area contributed by atoms with Crippen molar-refractivity contribution < 1.29 is 0 Å². The predicted octanol–water partition coefficient (Wildman–Crippen LogP) is 3.94. The maximum atomic E-state index is 4.67. The summed E-state index contributed by atoms with van der Waals surface area (Å²) in [5, 5.41) is 3.38. The molecule has 0 aliphatic rings. The molecule has 0 atom stereocenters. The van der Waals surface area contributed by atoms with Gasteiger partial charge in [-0.2, -0.15) is 0 Å². The molecule has 21 heavy (non-hydrogen) atoms. The molecular formula is C16H21IN4. The molecule has 0 fully saturated rings. The highest BCUT2D eigenvalue weighted by Gasteiger charge is 2.10. The van der Waals surface area contributed by atoms with Crippen LogP contribution in [0.4, 0.5) is 11.5 Å². The standard InChI is InChI=1S/C16H21IN4/c1-5-10-18-16-14(17)11(2)19-15(20-16)12-6-8-13(9-7-12)21(3)4/h6-9H,5,10H2,1-4H3,(H,18,19,20). The van der Waals surface area contributed by atoms with E-state index in [0.717, 1.165) is 39.4 Å². The number of nitrogens with one attached hydrogen (secondary N) is 1. The molecule has 0 saturated heterocycles. The Kier molecular flexibility index (Phi) is 5.39. The second-order valence-corrected chi connectivity index (χ2v) is 6.24. The van der Waals surface area contributed by atoms with Crippen molar-refractivity contribution >= 4 is 34.1 Å². The van der Waals surface area contributed by atoms with Gasteiger partial charge in [0.05, 0.1) is 9.26 Å². The number of anilines is 2. The Labute approximate surface area is 140 Å². The lowest BCUT2D eigenvalue weighted by Gasteiger charge is -2.13. The Hall–Kier alpha value is -1.37. The fraction of sp³-hybridized carbons (Fsp3) is 0.375. The van der Waals surface area contributed by atoms with Crippen LogP contribution in [0.2, 0.25) is 0 Å². The van der Waals surface area contributed by atoms with Gasteiger partial charge in [0.2, 0.25) is 0 Å². The van der Waals surface area contributed by atoms with Crippen LogP contribution in [-0.2, 0) is 0 Å². The van der Waals surface area contributed by atoms with Crippen LogP contribution in [0.3, 0.4) is 0 Å². The number of aromatic nitrogens is 2. The molecule has 0 bridgehead atoms. The number of benzene rings is 1. The van der Waals surface area contributed by atoms with Crippen molar-refractivity contribution in [2.75, 3.05) is 30.9 Å². The molecule has 1 heterocycles. The summed E-state index contributed by atoms with van der Waals surface area (Å²) in [5.41, 5.74) is 3.22. The average molecular weight is 396 g/mol. The van der Waals surface area contributed by atoms with Crippen molar-refractivity contribution in [3.63, 3.8) is 0 Å². The first-order valence-corrected chi connectivity index (χ1v) is 8.16. The lowest BCUT2D eigenvalue weighted by molar-refractivity contribution is 0.958. The molecular weight excluding hydrogens is 375 g/mol. The highest BCUT2D eigenvalue weighted by Crippen LogP contribution is 2.25. The van der Waals surface area contributed by atoms with Gasteiger partial charge in [-0.05, 0) is 60.2 Å². The molecule has 0 radical (unpaired) electrons. The molecule has 0 aliphatic heterocycles. The Bertz CT molecular complexity index is 608. The molecule has 0 amide bonds. The van der Waals surface area contributed by atoms with Gasteiger partial charge in [-0.1, -0.05) is 6.92 Å². The highest BCUT2D eigenvalue weighted by atomic mass is 127. The minimum absolute atomic E-state index is 0.775. The topological polar surface area (TPSA) is 41.1 Å². The second kappa shape index (κ2) is 7.06. The van der Waals surface area contributed by atoms with Crippen molar-refractivity contribution in [1.82, 2.24) is 9.97 Å². The molecule has 0 spiro atoms. The fourth-order valence-corrected chi connectivity index (χ4v) is 2.39. The summed E-state index contributed by atoms with van der Waals surface area (Å²) in [5.74, 6) is 1.70. The first-order chi connectivity index (χ1) is 10.0. The van der Waals surface area contributed by atoms with E-state index in [4.69, 9.17) is 0 Å². The minimum Gasteiger partial charge on any atom is -0.378 e.